The average Bonchev–Trinajstić information content (AvgIpc) is 3.42. The Labute approximate surface area is 569 Å². The van der Waals surface area contributed by atoms with E-state index in [2.05, 4.69) is 55.6 Å². The fraction of sp³-hybridized carbons (Fsp3) is 0.890. The lowest BCUT2D eigenvalue weighted by Crippen LogP contribution is -2.45. The first-order valence-corrected chi connectivity index (χ1v) is 42.0. The molecule has 0 saturated heterocycles. The first kappa shape index (κ1) is 89.5. The zero-order valence-electron chi connectivity index (χ0n) is 61.9. The van der Waals surface area contributed by atoms with Crippen LogP contribution in [0.4, 0.5) is 0 Å². The zero-order valence-corrected chi connectivity index (χ0v) is 62.8. The van der Waals surface area contributed by atoms with E-state index in [1.807, 2.05) is 27.2 Å². The SMILES string of the molecule is CCCCCCCCCC/C=C\CCCCCCCCCCCCCCCCCCCCCCCCCCCC(=O)NC(COP(=O)(O)OCC[N+](C)(C)C)C(O)/C=C/CC/C=C/CC/C=C/CCCCCCCCCCCCCCCCCCCCCCCC. The Morgan fingerprint density at radius 3 is 0.879 bits per heavy atom. The second-order valence-electron chi connectivity index (χ2n) is 29.1. The molecule has 0 radical (unpaired) electrons. The summed E-state index contributed by atoms with van der Waals surface area (Å²) >= 11 is 0. The molecular weight excluding hydrogens is 1140 g/mol. The van der Waals surface area contributed by atoms with Gasteiger partial charge in [-0.05, 0) is 70.6 Å². The predicted octanol–water partition coefficient (Wildman–Crippen LogP) is 26.5. The van der Waals surface area contributed by atoms with E-state index in [4.69, 9.17) is 9.05 Å². The first-order valence-electron chi connectivity index (χ1n) is 40.5. The van der Waals surface area contributed by atoms with Gasteiger partial charge in [0.25, 0.3) is 0 Å². The summed E-state index contributed by atoms with van der Waals surface area (Å²) in [6.07, 6.45) is 100. The number of unbranched alkanes of at least 4 members (excludes halogenated alkanes) is 57. The van der Waals surface area contributed by atoms with Crippen molar-refractivity contribution >= 4 is 13.7 Å². The number of amides is 1. The Morgan fingerprint density at radius 2 is 0.604 bits per heavy atom. The molecule has 0 aliphatic carbocycles. The van der Waals surface area contributed by atoms with Crippen LogP contribution in [-0.4, -0.2) is 73.4 Å². The Bertz CT molecular complexity index is 1630. The molecule has 0 aromatic carbocycles. The molecule has 91 heavy (non-hydrogen) atoms. The smallest absolute Gasteiger partial charge is 0.387 e. The van der Waals surface area contributed by atoms with Crippen LogP contribution in [0.5, 0.6) is 0 Å². The standard InChI is InChI=1S/C82H159N2O6P/c1-6-8-10-12-14-16-18-20-22-24-26-28-30-32-34-36-38-40-41-42-43-44-46-48-50-52-54-56-58-60-62-64-66-68-70-72-74-76-82(86)83-80(79-90-91(87,88)89-78-77-84(3,4)5)81(85)75-73-71-69-67-65-63-61-59-57-55-53-51-49-47-45-39-37-35-33-31-29-27-25-23-21-19-17-15-13-11-9-7-2/h24,26,57,59,65,67,73,75,80-81,85H,6-23,25,27-56,58,60-64,66,68-72,74,76-79H2,1-5H3,(H-,83,86,87,88)/p+1/b26-24-,59-57+,67-65+,75-73+. The third-order valence-electron chi connectivity index (χ3n) is 18.7. The maximum Gasteiger partial charge on any atom is 0.472 e. The van der Waals surface area contributed by atoms with E-state index >= 15 is 0 Å². The molecule has 3 unspecified atom stereocenters. The lowest BCUT2D eigenvalue weighted by atomic mass is 10.0. The van der Waals surface area contributed by atoms with Crippen molar-refractivity contribution in [3.8, 4) is 0 Å². The number of hydrogen-bond acceptors (Lipinski definition) is 5. The molecule has 1 amide bonds. The number of carbonyl (C=O) groups is 1. The third-order valence-corrected chi connectivity index (χ3v) is 19.7. The van der Waals surface area contributed by atoms with Crippen LogP contribution in [0.25, 0.3) is 0 Å². The van der Waals surface area contributed by atoms with Crippen molar-refractivity contribution in [1.29, 1.82) is 0 Å². The molecule has 0 fully saturated rings. The van der Waals surface area contributed by atoms with Crippen molar-refractivity contribution in [3.05, 3.63) is 48.6 Å². The molecule has 0 aliphatic heterocycles. The minimum atomic E-state index is -4.37. The van der Waals surface area contributed by atoms with E-state index in [9.17, 15) is 19.4 Å². The van der Waals surface area contributed by atoms with Gasteiger partial charge in [-0.2, -0.15) is 0 Å². The second-order valence-corrected chi connectivity index (χ2v) is 30.6. The maximum atomic E-state index is 13.1. The lowest BCUT2D eigenvalue weighted by molar-refractivity contribution is -0.870. The Morgan fingerprint density at radius 1 is 0.363 bits per heavy atom. The molecule has 8 nitrogen and oxygen atoms in total. The highest BCUT2D eigenvalue weighted by molar-refractivity contribution is 7.47. The van der Waals surface area contributed by atoms with Gasteiger partial charge in [0.1, 0.15) is 13.2 Å². The van der Waals surface area contributed by atoms with Crippen LogP contribution in [0.1, 0.15) is 418 Å². The Kier molecular flexibility index (Phi) is 71.5. The van der Waals surface area contributed by atoms with Crippen molar-refractivity contribution in [3.63, 3.8) is 0 Å². The minimum Gasteiger partial charge on any atom is -0.387 e. The number of nitrogens with zero attached hydrogens (tertiary/aromatic N) is 1. The molecule has 0 heterocycles. The largest absolute Gasteiger partial charge is 0.472 e. The molecule has 0 spiro atoms. The summed E-state index contributed by atoms with van der Waals surface area (Å²) in [6.45, 7) is 4.85. The van der Waals surface area contributed by atoms with Gasteiger partial charge in [-0.1, -0.05) is 390 Å². The van der Waals surface area contributed by atoms with Crippen LogP contribution in [0.2, 0.25) is 0 Å². The molecule has 538 valence electrons. The molecule has 0 aliphatic rings. The van der Waals surface area contributed by atoms with Gasteiger partial charge in [0, 0.05) is 6.42 Å². The van der Waals surface area contributed by atoms with Crippen molar-refractivity contribution in [1.82, 2.24) is 5.32 Å². The highest BCUT2D eigenvalue weighted by atomic mass is 31.2. The minimum absolute atomic E-state index is 0.0548. The van der Waals surface area contributed by atoms with Crippen LogP contribution in [-0.2, 0) is 18.4 Å². The number of aliphatic hydroxyl groups excluding tert-OH is 1. The topological polar surface area (TPSA) is 105 Å². The number of rotatable bonds is 76. The maximum absolute atomic E-state index is 13.1. The predicted molar refractivity (Wildman–Crippen MR) is 401 cm³/mol. The number of hydrogen-bond donors (Lipinski definition) is 3. The molecule has 0 aromatic heterocycles. The summed E-state index contributed by atoms with van der Waals surface area (Å²) < 4.78 is 23.9. The molecule has 3 atom stereocenters. The fourth-order valence-electron chi connectivity index (χ4n) is 12.5. The average molecular weight is 1300 g/mol. The van der Waals surface area contributed by atoms with E-state index in [1.54, 1.807) is 6.08 Å². The van der Waals surface area contributed by atoms with Crippen LogP contribution >= 0.6 is 7.82 Å². The third kappa shape index (κ3) is 75.7. The molecule has 0 rings (SSSR count). The van der Waals surface area contributed by atoms with Crippen LogP contribution in [0.3, 0.4) is 0 Å². The van der Waals surface area contributed by atoms with Gasteiger partial charge < -0.3 is 19.8 Å². The summed E-state index contributed by atoms with van der Waals surface area (Å²) in [7, 11) is 1.56. The lowest BCUT2D eigenvalue weighted by Gasteiger charge is -2.25. The highest BCUT2D eigenvalue weighted by Crippen LogP contribution is 2.43. The van der Waals surface area contributed by atoms with E-state index in [0.29, 0.717) is 17.4 Å². The molecule has 3 N–H and O–H groups in total. The van der Waals surface area contributed by atoms with Crippen molar-refractivity contribution in [2.75, 3.05) is 40.9 Å². The molecule has 0 bridgehead atoms. The first-order chi connectivity index (χ1) is 44.5. The monoisotopic (exact) mass is 1300 g/mol. The Balaban J connectivity index is 3.99. The van der Waals surface area contributed by atoms with Gasteiger partial charge >= 0.3 is 7.82 Å². The molecule has 9 heteroatoms. The van der Waals surface area contributed by atoms with Gasteiger partial charge in [0.2, 0.25) is 5.91 Å². The molecular formula is C82H160N2O6P+. The van der Waals surface area contributed by atoms with Gasteiger partial charge in [-0.25, -0.2) is 4.57 Å². The normalized spacial score (nSPS) is 13.7. The quantitative estimate of drug-likeness (QED) is 0.0243. The summed E-state index contributed by atoms with van der Waals surface area (Å²) in [5.41, 5.74) is 0. The van der Waals surface area contributed by atoms with E-state index in [0.717, 1.165) is 44.9 Å². The Hall–Kier alpha value is -1.54. The number of likely N-dealkylation sites (N-methyl/N-ethyl adjacent to an activating group) is 1. The van der Waals surface area contributed by atoms with E-state index in [1.165, 1.54) is 353 Å². The van der Waals surface area contributed by atoms with Crippen molar-refractivity contribution in [2.45, 2.75) is 431 Å². The zero-order chi connectivity index (χ0) is 66.2. The number of phosphoric acid groups is 1. The van der Waals surface area contributed by atoms with Gasteiger partial charge in [0.05, 0.1) is 39.9 Å². The number of phosphoric ester groups is 1. The number of allylic oxidation sites excluding steroid dienone is 7. The molecule has 0 saturated carbocycles. The van der Waals surface area contributed by atoms with Crippen LogP contribution in [0.15, 0.2) is 48.6 Å². The van der Waals surface area contributed by atoms with Gasteiger partial charge in [-0.15, -0.1) is 0 Å². The van der Waals surface area contributed by atoms with Crippen LogP contribution < -0.4 is 5.32 Å². The van der Waals surface area contributed by atoms with E-state index in [-0.39, 0.29) is 19.1 Å². The summed E-state index contributed by atoms with van der Waals surface area (Å²) in [5.74, 6) is -0.183. The molecule has 0 aromatic rings. The second kappa shape index (κ2) is 72.7. The highest BCUT2D eigenvalue weighted by Gasteiger charge is 2.28. The van der Waals surface area contributed by atoms with Crippen LogP contribution in [0, 0.1) is 0 Å². The number of nitrogens with one attached hydrogen (secondary N) is 1. The van der Waals surface area contributed by atoms with Crippen molar-refractivity contribution < 1.29 is 32.9 Å². The number of aliphatic hydroxyl groups is 1. The number of quaternary nitrogens is 1. The number of carbonyl (C=O) groups excluding carboxylic acids is 1. The van der Waals surface area contributed by atoms with Crippen molar-refractivity contribution in [2.24, 2.45) is 0 Å². The van der Waals surface area contributed by atoms with E-state index < -0.39 is 20.0 Å². The summed E-state index contributed by atoms with van der Waals surface area (Å²) in [6, 6.07) is -0.872. The van der Waals surface area contributed by atoms with Gasteiger partial charge in [-0.3, -0.25) is 13.8 Å². The fourth-order valence-corrected chi connectivity index (χ4v) is 13.2. The summed E-state index contributed by atoms with van der Waals surface area (Å²) in [4.78, 5) is 23.5. The summed E-state index contributed by atoms with van der Waals surface area (Å²) in [5, 5.41) is 14.0. The van der Waals surface area contributed by atoms with Gasteiger partial charge in [0.15, 0.2) is 0 Å².